The van der Waals surface area contributed by atoms with Crippen LogP contribution in [0.3, 0.4) is 0 Å². The average molecular weight is 202 g/mol. The zero-order chi connectivity index (χ0) is 10.8. The Morgan fingerprint density at radius 3 is 2.64 bits per heavy atom. The van der Waals surface area contributed by atoms with Crippen LogP contribution >= 0.6 is 0 Å². The van der Waals surface area contributed by atoms with Crippen LogP contribution in [0, 0.1) is 0 Å². The Morgan fingerprint density at radius 1 is 1.36 bits per heavy atom. The molecule has 0 aliphatic carbocycles. The Balaban J connectivity index is 3.36. The van der Waals surface area contributed by atoms with Gasteiger partial charge < -0.3 is 15.0 Å². The molecule has 0 amide bonds. The maximum Gasteiger partial charge on any atom is 0.0477 e. The van der Waals surface area contributed by atoms with Crippen molar-refractivity contribution in [2.75, 3.05) is 40.4 Å². The second kappa shape index (κ2) is 9.44. The van der Waals surface area contributed by atoms with Gasteiger partial charge in [-0.05, 0) is 33.4 Å². The van der Waals surface area contributed by atoms with E-state index in [-0.39, 0.29) is 0 Å². The van der Waals surface area contributed by atoms with Crippen molar-refractivity contribution in [1.29, 1.82) is 0 Å². The fourth-order valence-electron chi connectivity index (χ4n) is 1.29. The van der Waals surface area contributed by atoms with Crippen LogP contribution in [0.1, 0.15) is 26.7 Å². The maximum atomic E-state index is 5.06. The molecule has 0 spiro atoms. The first kappa shape index (κ1) is 13.9. The predicted octanol–water partition coefficient (Wildman–Crippen LogP) is 1.34. The average Bonchev–Trinajstić information content (AvgIpc) is 2.20. The van der Waals surface area contributed by atoms with Gasteiger partial charge in [-0.25, -0.2) is 0 Å². The quantitative estimate of drug-likeness (QED) is 0.571. The lowest BCUT2D eigenvalue weighted by Gasteiger charge is -2.24. The molecule has 1 N–H and O–H groups in total. The van der Waals surface area contributed by atoms with E-state index in [0.29, 0.717) is 6.04 Å². The summed E-state index contributed by atoms with van der Waals surface area (Å²) < 4.78 is 5.06. The highest BCUT2D eigenvalue weighted by molar-refractivity contribution is 4.63. The lowest BCUT2D eigenvalue weighted by molar-refractivity contribution is 0.153. The summed E-state index contributed by atoms with van der Waals surface area (Å²) in [6.45, 7) is 8.62. The number of rotatable bonds is 9. The lowest BCUT2D eigenvalue weighted by atomic mass is 10.2. The van der Waals surface area contributed by atoms with Crippen LogP contribution < -0.4 is 5.32 Å². The van der Waals surface area contributed by atoms with Crippen LogP contribution in [0.5, 0.6) is 0 Å². The minimum Gasteiger partial charge on any atom is -0.385 e. The first-order valence-corrected chi connectivity index (χ1v) is 5.62. The molecule has 0 saturated carbocycles. The van der Waals surface area contributed by atoms with E-state index >= 15 is 0 Å². The van der Waals surface area contributed by atoms with Crippen molar-refractivity contribution >= 4 is 0 Å². The van der Waals surface area contributed by atoms with Crippen molar-refractivity contribution in [2.45, 2.75) is 32.7 Å². The summed E-state index contributed by atoms with van der Waals surface area (Å²) in [7, 11) is 3.93. The number of likely N-dealkylation sites (N-methyl/N-ethyl adjacent to an activating group) is 1. The SMILES string of the molecule is CCCNCCN(C)C(C)CCOC. The van der Waals surface area contributed by atoms with Crippen LogP contribution in [-0.4, -0.2) is 51.3 Å². The standard InChI is InChI=1S/C11H26N2O/c1-5-7-12-8-9-13(3)11(2)6-10-14-4/h11-12H,5-10H2,1-4H3. The predicted molar refractivity (Wildman–Crippen MR) is 61.7 cm³/mol. The Bertz CT molecular complexity index is 120. The lowest BCUT2D eigenvalue weighted by Crippen LogP contribution is -2.36. The molecule has 0 fully saturated rings. The van der Waals surface area contributed by atoms with E-state index in [1.807, 2.05) is 0 Å². The summed E-state index contributed by atoms with van der Waals surface area (Å²) in [4.78, 5) is 2.38. The summed E-state index contributed by atoms with van der Waals surface area (Å²) in [5.41, 5.74) is 0. The first-order valence-electron chi connectivity index (χ1n) is 5.62. The van der Waals surface area contributed by atoms with Crippen molar-refractivity contribution in [3.63, 3.8) is 0 Å². The molecule has 3 heteroatoms. The minimum atomic E-state index is 0.610. The molecule has 14 heavy (non-hydrogen) atoms. The maximum absolute atomic E-state index is 5.06. The van der Waals surface area contributed by atoms with E-state index in [1.54, 1.807) is 7.11 Å². The van der Waals surface area contributed by atoms with E-state index in [1.165, 1.54) is 6.42 Å². The van der Waals surface area contributed by atoms with Gasteiger partial charge >= 0.3 is 0 Å². The van der Waals surface area contributed by atoms with Gasteiger partial charge in [0.05, 0.1) is 0 Å². The second-order valence-electron chi connectivity index (χ2n) is 3.86. The highest BCUT2D eigenvalue weighted by atomic mass is 16.5. The fourth-order valence-corrected chi connectivity index (χ4v) is 1.29. The number of nitrogens with one attached hydrogen (secondary N) is 1. The van der Waals surface area contributed by atoms with Crippen LogP contribution in [0.15, 0.2) is 0 Å². The molecule has 0 aliphatic heterocycles. The van der Waals surface area contributed by atoms with E-state index in [2.05, 4.69) is 31.1 Å². The smallest absolute Gasteiger partial charge is 0.0477 e. The molecule has 0 rings (SSSR count). The number of methoxy groups -OCH3 is 1. The molecule has 0 aromatic rings. The van der Waals surface area contributed by atoms with E-state index in [9.17, 15) is 0 Å². The largest absolute Gasteiger partial charge is 0.385 e. The fraction of sp³-hybridized carbons (Fsp3) is 1.00. The Morgan fingerprint density at radius 2 is 2.07 bits per heavy atom. The third-order valence-corrected chi connectivity index (χ3v) is 2.56. The van der Waals surface area contributed by atoms with Gasteiger partial charge in [-0.1, -0.05) is 6.92 Å². The zero-order valence-corrected chi connectivity index (χ0v) is 10.2. The summed E-state index contributed by atoms with van der Waals surface area (Å²) in [6.07, 6.45) is 2.32. The van der Waals surface area contributed by atoms with Crippen molar-refractivity contribution < 1.29 is 4.74 Å². The topological polar surface area (TPSA) is 24.5 Å². The van der Waals surface area contributed by atoms with Gasteiger partial charge in [-0.2, -0.15) is 0 Å². The van der Waals surface area contributed by atoms with Gasteiger partial charge in [-0.3, -0.25) is 0 Å². The molecule has 0 heterocycles. The van der Waals surface area contributed by atoms with E-state index < -0.39 is 0 Å². The number of hydrogen-bond acceptors (Lipinski definition) is 3. The molecule has 0 radical (unpaired) electrons. The van der Waals surface area contributed by atoms with Crippen LogP contribution in [0.25, 0.3) is 0 Å². The Labute approximate surface area is 88.8 Å². The van der Waals surface area contributed by atoms with Crippen LogP contribution in [0.2, 0.25) is 0 Å². The van der Waals surface area contributed by atoms with Gasteiger partial charge in [0.25, 0.3) is 0 Å². The molecule has 0 aromatic carbocycles. The molecule has 86 valence electrons. The molecule has 0 saturated heterocycles. The van der Waals surface area contributed by atoms with Crippen molar-refractivity contribution in [3.8, 4) is 0 Å². The summed E-state index contributed by atoms with van der Waals surface area (Å²) in [5, 5.41) is 3.40. The van der Waals surface area contributed by atoms with E-state index in [4.69, 9.17) is 4.74 Å². The highest BCUT2D eigenvalue weighted by Crippen LogP contribution is 1.99. The molecular weight excluding hydrogens is 176 g/mol. The number of hydrogen-bond donors (Lipinski definition) is 1. The molecule has 1 unspecified atom stereocenters. The van der Waals surface area contributed by atoms with Gasteiger partial charge in [0.1, 0.15) is 0 Å². The third kappa shape index (κ3) is 7.30. The van der Waals surface area contributed by atoms with Crippen molar-refractivity contribution in [1.82, 2.24) is 10.2 Å². The van der Waals surface area contributed by atoms with Crippen LogP contribution in [-0.2, 0) is 4.74 Å². The van der Waals surface area contributed by atoms with Gasteiger partial charge in [0.2, 0.25) is 0 Å². The van der Waals surface area contributed by atoms with Crippen molar-refractivity contribution in [3.05, 3.63) is 0 Å². The minimum absolute atomic E-state index is 0.610. The monoisotopic (exact) mass is 202 g/mol. The highest BCUT2D eigenvalue weighted by Gasteiger charge is 2.07. The normalized spacial score (nSPS) is 13.5. The van der Waals surface area contributed by atoms with Crippen molar-refractivity contribution in [2.24, 2.45) is 0 Å². The molecular formula is C11H26N2O. The van der Waals surface area contributed by atoms with E-state index in [0.717, 1.165) is 32.7 Å². The summed E-state index contributed by atoms with van der Waals surface area (Å²) in [6, 6.07) is 0.610. The van der Waals surface area contributed by atoms with Gasteiger partial charge in [0, 0.05) is 32.8 Å². The van der Waals surface area contributed by atoms with Gasteiger partial charge in [0.15, 0.2) is 0 Å². The third-order valence-electron chi connectivity index (χ3n) is 2.56. The van der Waals surface area contributed by atoms with Crippen LogP contribution in [0.4, 0.5) is 0 Å². The Kier molecular flexibility index (Phi) is 9.35. The number of ether oxygens (including phenoxy) is 1. The summed E-state index contributed by atoms with van der Waals surface area (Å²) in [5.74, 6) is 0. The second-order valence-corrected chi connectivity index (χ2v) is 3.86. The number of nitrogens with zero attached hydrogens (tertiary/aromatic N) is 1. The Hall–Kier alpha value is -0.120. The zero-order valence-electron chi connectivity index (χ0n) is 10.2. The summed E-state index contributed by atoms with van der Waals surface area (Å²) >= 11 is 0. The molecule has 0 bridgehead atoms. The molecule has 3 nitrogen and oxygen atoms in total. The molecule has 0 aromatic heterocycles. The molecule has 0 aliphatic rings. The molecule has 1 atom stereocenters. The first-order chi connectivity index (χ1) is 6.72. The van der Waals surface area contributed by atoms with Gasteiger partial charge in [-0.15, -0.1) is 0 Å².